The maximum Gasteiger partial charge on any atom is 0.345 e. The number of halogens is 2. The van der Waals surface area contributed by atoms with E-state index >= 15 is 0 Å². The van der Waals surface area contributed by atoms with Gasteiger partial charge in [0.25, 0.3) is 10.0 Å². The highest BCUT2D eigenvalue weighted by Crippen LogP contribution is 2.25. The first-order chi connectivity index (χ1) is 12.4. The molecule has 26 heavy (non-hydrogen) atoms. The van der Waals surface area contributed by atoms with Crippen molar-refractivity contribution in [2.75, 3.05) is 6.61 Å². The van der Waals surface area contributed by atoms with Crippen molar-refractivity contribution in [3.63, 3.8) is 0 Å². The van der Waals surface area contributed by atoms with E-state index in [0.29, 0.717) is 11.3 Å². The molecular formula is C17H17F2N3O3S. The summed E-state index contributed by atoms with van der Waals surface area (Å²) in [6.07, 6.45) is 4.53. The molecule has 2 heterocycles. The molecule has 9 heteroatoms. The number of benzene rings is 1. The van der Waals surface area contributed by atoms with E-state index in [1.165, 1.54) is 21.0 Å². The fourth-order valence-electron chi connectivity index (χ4n) is 2.48. The summed E-state index contributed by atoms with van der Waals surface area (Å²) < 4.78 is 56.6. The summed E-state index contributed by atoms with van der Waals surface area (Å²) in [7, 11) is -3.75. The van der Waals surface area contributed by atoms with E-state index in [1.807, 2.05) is 6.92 Å². The Bertz CT molecular complexity index is 979. The van der Waals surface area contributed by atoms with Gasteiger partial charge in [-0.3, -0.25) is 4.68 Å². The van der Waals surface area contributed by atoms with Crippen molar-refractivity contribution >= 4 is 10.0 Å². The van der Waals surface area contributed by atoms with Crippen molar-refractivity contribution in [2.24, 2.45) is 0 Å². The molecule has 0 aliphatic heterocycles. The largest absolute Gasteiger partial charge is 0.345 e. The molecule has 0 N–H and O–H groups in total. The molecule has 0 amide bonds. The number of aromatic nitrogens is 3. The first-order valence-electron chi connectivity index (χ1n) is 7.80. The van der Waals surface area contributed by atoms with Crippen LogP contribution in [0.15, 0.2) is 59.9 Å². The van der Waals surface area contributed by atoms with Crippen LogP contribution >= 0.6 is 0 Å². The Kier molecular flexibility index (Phi) is 5.19. The van der Waals surface area contributed by atoms with Gasteiger partial charge in [0.05, 0.1) is 29.9 Å². The Hall–Kier alpha value is -2.52. The normalized spacial score (nSPS) is 12.0. The van der Waals surface area contributed by atoms with E-state index in [-0.39, 0.29) is 18.0 Å². The molecule has 6 nitrogen and oxygen atoms in total. The van der Waals surface area contributed by atoms with Crippen LogP contribution in [0.4, 0.5) is 8.78 Å². The SMILES string of the molecule is Cc1ccc(S(=O)(=O)n2cccc2-c2cnn(CCOC(F)F)c2)cc1. The molecule has 0 aliphatic carbocycles. The quantitative estimate of drug-likeness (QED) is 0.631. The molecule has 3 rings (SSSR count). The molecule has 0 bridgehead atoms. The number of nitrogens with zero attached hydrogens (tertiary/aromatic N) is 3. The zero-order chi connectivity index (χ0) is 18.7. The molecule has 3 aromatic rings. The van der Waals surface area contributed by atoms with Crippen molar-refractivity contribution in [1.29, 1.82) is 0 Å². The second-order valence-corrected chi connectivity index (χ2v) is 7.45. The third-order valence-electron chi connectivity index (χ3n) is 3.78. The van der Waals surface area contributed by atoms with Gasteiger partial charge in [-0.2, -0.15) is 13.9 Å². The van der Waals surface area contributed by atoms with Gasteiger partial charge in [0.2, 0.25) is 0 Å². The Labute approximate surface area is 149 Å². The van der Waals surface area contributed by atoms with E-state index in [4.69, 9.17) is 0 Å². The van der Waals surface area contributed by atoms with E-state index in [2.05, 4.69) is 9.84 Å². The van der Waals surface area contributed by atoms with E-state index in [0.717, 1.165) is 5.56 Å². The fraction of sp³-hybridized carbons (Fsp3) is 0.235. The summed E-state index contributed by atoms with van der Waals surface area (Å²) in [6, 6.07) is 9.86. The Balaban J connectivity index is 1.87. The summed E-state index contributed by atoms with van der Waals surface area (Å²) in [5.41, 5.74) is 1.96. The van der Waals surface area contributed by atoms with Crippen LogP contribution in [0.25, 0.3) is 11.3 Å². The molecule has 1 aromatic carbocycles. The number of rotatable bonds is 7. The van der Waals surface area contributed by atoms with Gasteiger partial charge in [-0.15, -0.1) is 0 Å². The van der Waals surface area contributed by atoms with Crippen molar-refractivity contribution in [1.82, 2.24) is 13.8 Å². The lowest BCUT2D eigenvalue weighted by Crippen LogP contribution is -2.13. The molecule has 0 fully saturated rings. The number of aryl methyl sites for hydroxylation is 1. The van der Waals surface area contributed by atoms with E-state index in [9.17, 15) is 17.2 Å². The van der Waals surface area contributed by atoms with E-state index < -0.39 is 16.6 Å². The number of hydrogen-bond acceptors (Lipinski definition) is 4. The van der Waals surface area contributed by atoms with Gasteiger partial charge in [-0.05, 0) is 31.2 Å². The van der Waals surface area contributed by atoms with Crippen molar-refractivity contribution in [3.8, 4) is 11.3 Å². The highest BCUT2D eigenvalue weighted by Gasteiger charge is 2.20. The molecule has 0 spiro atoms. The molecule has 138 valence electrons. The summed E-state index contributed by atoms with van der Waals surface area (Å²) in [6.45, 7) is -1.01. The minimum atomic E-state index is -3.75. The maximum absolute atomic E-state index is 12.9. The highest BCUT2D eigenvalue weighted by molar-refractivity contribution is 7.90. The van der Waals surface area contributed by atoms with Gasteiger partial charge < -0.3 is 4.74 Å². The third kappa shape index (κ3) is 3.83. The van der Waals surface area contributed by atoms with Crippen LogP contribution in [-0.4, -0.2) is 35.4 Å². The van der Waals surface area contributed by atoms with Gasteiger partial charge in [0, 0.05) is 18.0 Å². The average Bonchev–Trinajstić information content (AvgIpc) is 3.24. The number of hydrogen-bond donors (Lipinski definition) is 0. The fourth-order valence-corrected chi connectivity index (χ4v) is 3.84. The Morgan fingerprint density at radius 2 is 1.92 bits per heavy atom. The molecule has 0 aliphatic rings. The average molecular weight is 381 g/mol. The van der Waals surface area contributed by atoms with Gasteiger partial charge in [0.1, 0.15) is 0 Å². The number of alkyl halides is 2. The molecule has 0 saturated heterocycles. The zero-order valence-corrected chi connectivity index (χ0v) is 14.7. The molecule has 0 radical (unpaired) electrons. The van der Waals surface area contributed by atoms with Crippen LogP contribution < -0.4 is 0 Å². The second-order valence-electron chi connectivity index (χ2n) is 5.63. The standard InChI is InChI=1S/C17H17F2N3O3S/c1-13-4-6-15(7-5-13)26(23,24)22-8-2-3-16(22)14-11-20-21(12-14)9-10-25-17(18)19/h2-8,11-12,17H,9-10H2,1H3. The Morgan fingerprint density at radius 3 is 2.62 bits per heavy atom. The van der Waals surface area contributed by atoms with Crippen LogP contribution in [-0.2, 0) is 21.3 Å². The van der Waals surface area contributed by atoms with Gasteiger partial charge >= 0.3 is 6.61 Å². The molecule has 0 atom stereocenters. The Morgan fingerprint density at radius 1 is 1.19 bits per heavy atom. The van der Waals surface area contributed by atoms with Crippen LogP contribution in [0.1, 0.15) is 5.56 Å². The smallest absolute Gasteiger partial charge is 0.321 e. The van der Waals surface area contributed by atoms with Gasteiger partial charge in [-0.25, -0.2) is 12.4 Å². The predicted octanol–water partition coefficient (Wildman–Crippen LogP) is 3.14. The van der Waals surface area contributed by atoms with Crippen LogP contribution in [0.2, 0.25) is 0 Å². The molecule has 2 aromatic heterocycles. The number of ether oxygens (including phenoxy) is 1. The summed E-state index contributed by atoms with van der Waals surface area (Å²) >= 11 is 0. The lowest BCUT2D eigenvalue weighted by atomic mass is 10.2. The zero-order valence-electron chi connectivity index (χ0n) is 13.9. The predicted molar refractivity (Wildman–Crippen MR) is 91.4 cm³/mol. The van der Waals surface area contributed by atoms with Crippen molar-refractivity contribution in [2.45, 2.75) is 25.0 Å². The van der Waals surface area contributed by atoms with Crippen molar-refractivity contribution in [3.05, 3.63) is 60.6 Å². The molecule has 0 saturated carbocycles. The van der Waals surface area contributed by atoms with E-state index in [1.54, 1.807) is 42.6 Å². The lowest BCUT2D eigenvalue weighted by Gasteiger charge is -2.10. The first-order valence-corrected chi connectivity index (χ1v) is 9.24. The van der Waals surface area contributed by atoms with Crippen molar-refractivity contribution < 1.29 is 21.9 Å². The molecular weight excluding hydrogens is 364 g/mol. The lowest BCUT2D eigenvalue weighted by molar-refractivity contribution is -0.130. The highest BCUT2D eigenvalue weighted by atomic mass is 32.2. The monoisotopic (exact) mass is 381 g/mol. The maximum atomic E-state index is 12.9. The molecule has 0 unspecified atom stereocenters. The topological polar surface area (TPSA) is 66.1 Å². The summed E-state index contributed by atoms with van der Waals surface area (Å²) in [5.74, 6) is 0. The summed E-state index contributed by atoms with van der Waals surface area (Å²) in [5, 5.41) is 4.06. The minimum Gasteiger partial charge on any atom is -0.321 e. The van der Waals surface area contributed by atoms with Crippen LogP contribution in [0, 0.1) is 6.92 Å². The van der Waals surface area contributed by atoms with Crippen LogP contribution in [0.3, 0.4) is 0 Å². The third-order valence-corrected chi connectivity index (χ3v) is 5.49. The van der Waals surface area contributed by atoms with Gasteiger partial charge in [0.15, 0.2) is 0 Å². The van der Waals surface area contributed by atoms with Crippen LogP contribution in [0.5, 0.6) is 0 Å². The second kappa shape index (κ2) is 7.38. The first kappa shape index (κ1) is 18.3. The van der Waals surface area contributed by atoms with Gasteiger partial charge in [-0.1, -0.05) is 17.7 Å². The minimum absolute atomic E-state index is 0.135. The summed E-state index contributed by atoms with van der Waals surface area (Å²) in [4.78, 5) is 0.179.